The van der Waals surface area contributed by atoms with E-state index in [1.807, 2.05) is 0 Å². The number of fused-ring (bicyclic) bond motifs is 1. The van der Waals surface area contributed by atoms with Gasteiger partial charge in [0.1, 0.15) is 6.54 Å². The largest absolute Gasteiger partial charge is 0.325 e. The van der Waals surface area contributed by atoms with E-state index in [0.717, 1.165) is 4.57 Å². The highest BCUT2D eigenvalue weighted by atomic mass is 35.5. The third kappa shape index (κ3) is 4.28. The fraction of sp³-hybridized carbons (Fsp3) is 0.0625. The van der Waals surface area contributed by atoms with E-state index in [2.05, 4.69) is 10.3 Å². The Balaban J connectivity index is 1.82. The lowest BCUT2D eigenvalue weighted by atomic mass is 10.2. The molecule has 11 heteroatoms. The zero-order valence-electron chi connectivity index (χ0n) is 13.5. The Kier molecular flexibility index (Phi) is 5.20. The molecule has 0 bridgehead atoms. The highest BCUT2D eigenvalue weighted by molar-refractivity contribution is 7.89. The Morgan fingerprint density at radius 3 is 2.48 bits per heavy atom. The Labute approximate surface area is 163 Å². The summed E-state index contributed by atoms with van der Waals surface area (Å²) >= 11 is 11.9. The molecule has 0 aliphatic carbocycles. The first-order chi connectivity index (χ1) is 12.6. The van der Waals surface area contributed by atoms with Gasteiger partial charge in [-0.3, -0.25) is 14.2 Å². The number of hydrogen-bond donors (Lipinski definition) is 2. The minimum Gasteiger partial charge on any atom is -0.325 e. The molecule has 0 spiro atoms. The first-order valence-electron chi connectivity index (χ1n) is 7.42. The van der Waals surface area contributed by atoms with Crippen molar-refractivity contribution in [3.05, 3.63) is 63.1 Å². The van der Waals surface area contributed by atoms with Crippen LogP contribution in [0.1, 0.15) is 0 Å². The Bertz CT molecular complexity index is 1210. The van der Waals surface area contributed by atoms with E-state index in [1.54, 1.807) is 0 Å². The second-order valence-electron chi connectivity index (χ2n) is 5.58. The number of sulfonamides is 1. The first-order valence-corrected chi connectivity index (χ1v) is 9.72. The van der Waals surface area contributed by atoms with E-state index in [9.17, 15) is 18.0 Å². The smallest absolute Gasteiger partial charge is 0.261 e. The number of carbonyl (C=O) groups is 1. The molecule has 0 atom stereocenters. The van der Waals surface area contributed by atoms with Gasteiger partial charge in [0, 0.05) is 10.7 Å². The minimum absolute atomic E-state index is 0.0794. The Morgan fingerprint density at radius 1 is 1.19 bits per heavy atom. The number of carbonyl (C=O) groups excluding carboxylic acids is 1. The molecule has 0 aliphatic rings. The van der Waals surface area contributed by atoms with Crippen LogP contribution in [0.3, 0.4) is 0 Å². The molecule has 0 fully saturated rings. The molecule has 2 aromatic carbocycles. The number of benzene rings is 2. The van der Waals surface area contributed by atoms with Crippen LogP contribution >= 0.6 is 23.2 Å². The van der Waals surface area contributed by atoms with E-state index >= 15 is 0 Å². The van der Waals surface area contributed by atoms with Crippen molar-refractivity contribution >= 4 is 55.7 Å². The van der Waals surface area contributed by atoms with E-state index in [-0.39, 0.29) is 26.9 Å². The molecule has 0 saturated carbocycles. The molecule has 3 rings (SSSR count). The highest BCUT2D eigenvalue weighted by Crippen LogP contribution is 2.24. The lowest BCUT2D eigenvalue weighted by Gasteiger charge is -2.09. The average Bonchev–Trinajstić information content (AvgIpc) is 2.57. The van der Waals surface area contributed by atoms with E-state index in [4.69, 9.17) is 28.3 Å². The summed E-state index contributed by atoms with van der Waals surface area (Å²) in [6, 6.07) is 8.20. The van der Waals surface area contributed by atoms with E-state index in [0.29, 0.717) is 11.2 Å². The fourth-order valence-electron chi connectivity index (χ4n) is 2.39. The fourth-order valence-corrected chi connectivity index (χ4v) is 3.45. The summed E-state index contributed by atoms with van der Waals surface area (Å²) in [6.07, 6.45) is 1.22. The molecule has 27 heavy (non-hydrogen) atoms. The summed E-state index contributed by atoms with van der Waals surface area (Å²) in [5, 5.41) is 8.28. The van der Waals surface area contributed by atoms with Gasteiger partial charge in [-0.2, -0.15) is 0 Å². The molecule has 1 aromatic heterocycles. The number of aromatic nitrogens is 2. The second-order valence-corrected chi connectivity index (χ2v) is 7.98. The summed E-state index contributed by atoms with van der Waals surface area (Å²) in [5.41, 5.74) is 0.172. The zero-order valence-corrected chi connectivity index (χ0v) is 15.8. The van der Waals surface area contributed by atoms with Gasteiger partial charge in [0.05, 0.1) is 27.1 Å². The molecular weight excluding hydrogens is 415 g/mol. The zero-order chi connectivity index (χ0) is 19.8. The number of nitrogens with two attached hydrogens (primary N) is 1. The van der Waals surface area contributed by atoms with Gasteiger partial charge in [-0.1, -0.05) is 23.2 Å². The van der Waals surface area contributed by atoms with Gasteiger partial charge in [0.25, 0.3) is 5.56 Å². The number of hydrogen-bond acceptors (Lipinski definition) is 5. The first kappa shape index (κ1) is 19.3. The Morgan fingerprint density at radius 2 is 1.85 bits per heavy atom. The number of anilines is 1. The van der Waals surface area contributed by atoms with Gasteiger partial charge in [-0.15, -0.1) is 0 Å². The van der Waals surface area contributed by atoms with Crippen molar-refractivity contribution in [2.24, 2.45) is 5.14 Å². The normalized spacial score (nSPS) is 11.5. The van der Waals surface area contributed by atoms with Crippen molar-refractivity contribution in [3.63, 3.8) is 0 Å². The molecule has 0 radical (unpaired) electrons. The van der Waals surface area contributed by atoms with E-state index < -0.39 is 21.5 Å². The van der Waals surface area contributed by atoms with Gasteiger partial charge >= 0.3 is 0 Å². The lowest BCUT2D eigenvalue weighted by Crippen LogP contribution is -2.28. The molecule has 0 unspecified atom stereocenters. The van der Waals surface area contributed by atoms with Crippen molar-refractivity contribution in [2.45, 2.75) is 11.4 Å². The predicted octanol–water partition coefficient (Wildman–Crippen LogP) is 1.99. The van der Waals surface area contributed by atoms with Crippen LogP contribution in [-0.4, -0.2) is 23.9 Å². The molecule has 1 heterocycles. The van der Waals surface area contributed by atoms with Crippen molar-refractivity contribution in [1.29, 1.82) is 0 Å². The summed E-state index contributed by atoms with van der Waals surface area (Å²) in [5.74, 6) is -0.505. The van der Waals surface area contributed by atoms with Crippen LogP contribution in [0.5, 0.6) is 0 Å². The number of amides is 1. The van der Waals surface area contributed by atoms with Gasteiger partial charge in [0.2, 0.25) is 15.9 Å². The number of nitrogens with zero attached hydrogens (tertiary/aromatic N) is 2. The summed E-state index contributed by atoms with van der Waals surface area (Å²) in [6.45, 7) is -0.303. The van der Waals surface area contributed by atoms with Gasteiger partial charge < -0.3 is 5.32 Å². The molecule has 1 amide bonds. The summed E-state index contributed by atoms with van der Waals surface area (Å²) in [4.78, 5) is 28.7. The van der Waals surface area contributed by atoms with Crippen LogP contribution in [0, 0.1) is 0 Å². The van der Waals surface area contributed by atoms with Crippen LogP contribution in [0.15, 0.2) is 52.4 Å². The summed E-state index contributed by atoms with van der Waals surface area (Å²) < 4.78 is 23.6. The van der Waals surface area contributed by atoms with Crippen LogP contribution in [-0.2, 0) is 21.4 Å². The summed E-state index contributed by atoms with van der Waals surface area (Å²) in [7, 11) is -3.82. The van der Waals surface area contributed by atoms with Crippen molar-refractivity contribution in [1.82, 2.24) is 9.55 Å². The van der Waals surface area contributed by atoms with Gasteiger partial charge in [-0.25, -0.2) is 18.5 Å². The van der Waals surface area contributed by atoms with Crippen LogP contribution in [0.25, 0.3) is 10.9 Å². The van der Waals surface area contributed by atoms with Crippen LogP contribution in [0.4, 0.5) is 5.69 Å². The Hall–Kier alpha value is -2.46. The number of primary sulfonamides is 1. The maximum absolute atomic E-state index is 12.5. The highest BCUT2D eigenvalue weighted by Gasteiger charge is 2.12. The molecule has 0 saturated heterocycles. The minimum atomic E-state index is -3.82. The molecule has 0 aliphatic heterocycles. The van der Waals surface area contributed by atoms with Crippen LogP contribution in [0.2, 0.25) is 10.0 Å². The lowest BCUT2D eigenvalue weighted by molar-refractivity contribution is -0.116. The van der Waals surface area contributed by atoms with Crippen molar-refractivity contribution in [3.8, 4) is 0 Å². The van der Waals surface area contributed by atoms with Gasteiger partial charge in [-0.05, 0) is 36.4 Å². The van der Waals surface area contributed by atoms with Crippen molar-refractivity contribution < 1.29 is 13.2 Å². The third-order valence-corrected chi connectivity index (χ3v) is 5.06. The van der Waals surface area contributed by atoms with Crippen LogP contribution < -0.4 is 16.0 Å². The second kappa shape index (κ2) is 7.28. The maximum atomic E-state index is 12.5. The van der Waals surface area contributed by atoms with Crippen molar-refractivity contribution in [2.75, 3.05) is 5.32 Å². The maximum Gasteiger partial charge on any atom is 0.261 e. The molecule has 140 valence electrons. The molecular formula is C16H12Cl2N4O4S. The predicted molar refractivity (Wildman–Crippen MR) is 102 cm³/mol. The number of nitrogens with one attached hydrogen (secondary N) is 1. The SMILES string of the molecule is NS(=O)(=O)c1ccc(NC(=O)Cn2cnc3c(Cl)cc(Cl)cc3c2=O)cc1. The number of rotatable bonds is 4. The quantitative estimate of drug-likeness (QED) is 0.659. The molecule has 3 N–H and O–H groups in total. The molecule has 8 nitrogen and oxygen atoms in total. The molecule has 3 aromatic rings. The van der Waals surface area contributed by atoms with E-state index in [1.165, 1.54) is 42.7 Å². The average molecular weight is 427 g/mol. The topological polar surface area (TPSA) is 124 Å². The monoisotopic (exact) mass is 426 g/mol. The van der Waals surface area contributed by atoms with Gasteiger partial charge in [0.15, 0.2) is 0 Å². The third-order valence-electron chi connectivity index (χ3n) is 3.63. The number of halogens is 2. The standard InChI is InChI=1S/C16H12Cl2N4O4S/c17-9-5-12-15(13(18)6-9)20-8-22(16(12)24)7-14(23)21-10-1-3-11(4-2-10)27(19,25)26/h1-6,8H,7H2,(H,21,23)(H2,19,25,26).